The smallest absolute Gasteiger partial charge is 0.246 e. The molecule has 0 saturated heterocycles. The third-order valence-corrected chi connectivity index (χ3v) is 5.06. The third kappa shape index (κ3) is 16.3. The highest BCUT2D eigenvalue weighted by Crippen LogP contribution is 2.10. The van der Waals surface area contributed by atoms with E-state index in [1.807, 2.05) is 0 Å². The highest BCUT2D eigenvalue weighted by molar-refractivity contribution is 7.85. The Morgan fingerprint density at radius 1 is 0.960 bits per heavy atom. The molecule has 25 heavy (non-hydrogen) atoms. The van der Waals surface area contributed by atoms with Gasteiger partial charge in [-0.25, -0.2) is 8.42 Å². The van der Waals surface area contributed by atoms with Crippen molar-refractivity contribution in [3.05, 3.63) is 12.2 Å². The van der Waals surface area contributed by atoms with Crippen LogP contribution in [0.25, 0.3) is 0 Å². The van der Waals surface area contributed by atoms with E-state index in [1.54, 1.807) is 6.92 Å². The molecule has 7 heteroatoms. The first-order valence-corrected chi connectivity index (χ1v) is 10.8. The maximum absolute atomic E-state index is 11.4. The Morgan fingerprint density at radius 2 is 1.44 bits per heavy atom. The quantitative estimate of drug-likeness (QED) is 0.206. The lowest BCUT2D eigenvalue weighted by molar-refractivity contribution is -0.890. The van der Waals surface area contributed by atoms with E-state index in [4.69, 9.17) is 0 Å². The van der Waals surface area contributed by atoms with E-state index in [1.165, 1.54) is 12.8 Å². The Kier molecular flexibility index (Phi) is 12.0. The summed E-state index contributed by atoms with van der Waals surface area (Å²) >= 11 is 0. The minimum atomic E-state index is -4.04. The maximum atomic E-state index is 11.4. The summed E-state index contributed by atoms with van der Waals surface area (Å²) in [5, 5.41) is 2.86. The van der Waals surface area contributed by atoms with Crippen LogP contribution in [-0.2, 0) is 14.9 Å². The second-order valence-electron chi connectivity index (χ2n) is 7.51. The lowest BCUT2D eigenvalue weighted by Crippen LogP contribution is -2.42. The lowest BCUT2D eigenvalue weighted by atomic mass is 10.1. The molecule has 0 aromatic carbocycles. The van der Waals surface area contributed by atoms with E-state index in [-0.39, 0.29) is 11.7 Å². The molecule has 0 heterocycles. The summed E-state index contributed by atoms with van der Waals surface area (Å²) in [6, 6.07) is 0. The molecule has 0 rings (SSSR count). The van der Waals surface area contributed by atoms with Crippen LogP contribution in [0.15, 0.2) is 12.2 Å². The van der Waals surface area contributed by atoms with Crippen molar-refractivity contribution < 1.29 is 22.2 Å². The normalized spacial score (nSPS) is 12.2. The fourth-order valence-corrected chi connectivity index (χ4v) is 3.23. The largest absolute Gasteiger partial charge is 0.748 e. The molecule has 0 aromatic heterocycles. The summed E-state index contributed by atoms with van der Waals surface area (Å²) in [5.74, 6) is -0.302. The van der Waals surface area contributed by atoms with Gasteiger partial charge in [0, 0.05) is 24.3 Å². The zero-order valence-electron chi connectivity index (χ0n) is 16.2. The molecule has 0 spiro atoms. The molecule has 0 bridgehead atoms. The number of hydrogen-bond acceptors (Lipinski definition) is 4. The summed E-state index contributed by atoms with van der Waals surface area (Å²) < 4.78 is 32.4. The first kappa shape index (κ1) is 24.1. The molecule has 0 aliphatic carbocycles. The van der Waals surface area contributed by atoms with Crippen LogP contribution >= 0.6 is 0 Å². The van der Waals surface area contributed by atoms with Crippen molar-refractivity contribution in [2.24, 2.45) is 0 Å². The molecule has 1 N–H and O–H groups in total. The molecule has 0 saturated carbocycles. The van der Waals surface area contributed by atoms with Crippen molar-refractivity contribution in [2.45, 2.75) is 58.3 Å². The standard InChI is InChI=1S/C18H36N2O4S/c1-17(2)18(21)19-13-12-15-20(3,4)14-10-8-6-5-7-9-11-16-25(22,23)24/h1,5-16H2,2-4H3,(H-,19,21,22,23,24). The fraction of sp³-hybridized carbons (Fsp3) is 0.833. The van der Waals surface area contributed by atoms with Crippen LogP contribution in [-0.4, -0.2) is 62.8 Å². The third-order valence-electron chi connectivity index (χ3n) is 4.27. The first-order chi connectivity index (χ1) is 11.5. The molecular formula is C18H36N2O4S. The SMILES string of the molecule is C=C(C)C(=O)NCCC[N+](C)(C)CCCCCCCCCS(=O)(=O)[O-]. The number of nitrogens with one attached hydrogen (secondary N) is 1. The second-order valence-corrected chi connectivity index (χ2v) is 9.03. The molecule has 0 aromatic rings. The van der Waals surface area contributed by atoms with Crippen LogP contribution in [0.5, 0.6) is 0 Å². The van der Waals surface area contributed by atoms with Gasteiger partial charge in [-0.15, -0.1) is 0 Å². The van der Waals surface area contributed by atoms with Crippen molar-refractivity contribution in [2.75, 3.05) is 39.5 Å². The molecule has 0 aliphatic rings. The fourth-order valence-electron chi connectivity index (χ4n) is 2.67. The molecule has 0 radical (unpaired) electrons. The van der Waals surface area contributed by atoms with Crippen molar-refractivity contribution in [1.82, 2.24) is 5.32 Å². The molecular weight excluding hydrogens is 340 g/mol. The van der Waals surface area contributed by atoms with Gasteiger partial charge >= 0.3 is 0 Å². The summed E-state index contributed by atoms with van der Waals surface area (Å²) in [4.78, 5) is 11.4. The average Bonchev–Trinajstić information content (AvgIpc) is 2.48. The summed E-state index contributed by atoms with van der Waals surface area (Å²) in [6.07, 6.45) is 7.84. The number of carbonyl (C=O) groups is 1. The Morgan fingerprint density at radius 3 is 1.96 bits per heavy atom. The zero-order valence-corrected chi connectivity index (χ0v) is 17.0. The maximum Gasteiger partial charge on any atom is 0.246 e. The van der Waals surface area contributed by atoms with Gasteiger partial charge in [0.25, 0.3) is 0 Å². The van der Waals surface area contributed by atoms with Crippen LogP contribution in [0.1, 0.15) is 58.3 Å². The van der Waals surface area contributed by atoms with Gasteiger partial charge in [-0.2, -0.15) is 0 Å². The first-order valence-electron chi connectivity index (χ1n) is 9.23. The van der Waals surface area contributed by atoms with E-state index in [0.717, 1.165) is 49.7 Å². The van der Waals surface area contributed by atoms with Gasteiger partial charge < -0.3 is 14.4 Å². The lowest BCUT2D eigenvalue weighted by Gasteiger charge is -2.30. The molecule has 148 valence electrons. The van der Waals surface area contributed by atoms with Crippen molar-refractivity contribution >= 4 is 16.0 Å². The second kappa shape index (κ2) is 12.4. The van der Waals surface area contributed by atoms with Crippen LogP contribution in [0.3, 0.4) is 0 Å². The monoisotopic (exact) mass is 376 g/mol. The van der Waals surface area contributed by atoms with Crippen LogP contribution in [0.2, 0.25) is 0 Å². The number of carbonyl (C=O) groups excluding carboxylic acids is 1. The highest BCUT2D eigenvalue weighted by atomic mass is 32.2. The molecule has 6 nitrogen and oxygen atoms in total. The minimum absolute atomic E-state index is 0.0712. The number of nitrogens with zero attached hydrogens (tertiary/aromatic N) is 1. The summed E-state index contributed by atoms with van der Waals surface area (Å²) in [5.41, 5.74) is 0.545. The summed E-state index contributed by atoms with van der Waals surface area (Å²) in [7, 11) is 0.384. The summed E-state index contributed by atoms with van der Waals surface area (Å²) in [6.45, 7) is 8.16. The van der Waals surface area contributed by atoms with Gasteiger partial charge in [0.2, 0.25) is 5.91 Å². The van der Waals surface area contributed by atoms with Crippen LogP contribution < -0.4 is 5.32 Å². The van der Waals surface area contributed by atoms with E-state index < -0.39 is 10.1 Å². The predicted molar refractivity (Wildman–Crippen MR) is 101 cm³/mol. The van der Waals surface area contributed by atoms with E-state index >= 15 is 0 Å². The Labute approximate surface area is 154 Å². The number of amides is 1. The van der Waals surface area contributed by atoms with E-state index in [2.05, 4.69) is 26.0 Å². The Balaban J connectivity index is 3.56. The topological polar surface area (TPSA) is 86.3 Å². The van der Waals surface area contributed by atoms with Gasteiger partial charge in [-0.05, 0) is 26.2 Å². The van der Waals surface area contributed by atoms with Crippen LogP contribution in [0, 0.1) is 0 Å². The molecule has 0 atom stereocenters. The average molecular weight is 377 g/mol. The number of rotatable bonds is 15. The molecule has 0 aliphatic heterocycles. The number of unbranched alkanes of at least 4 members (excludes halogenated alkanes) is 6. The molecule has 0 fully saturated rings. The van der Waals surface area contributed by atoms with Gasteiger partial charge in [-0.3, -0.25) is 4.79 Å². The Bertz CT molecular complexity index is 501. The molecule has 0 unspecified atom stereocenters. The van der Waals surface area contributed by atoms with Gasteiger partial charge in [0.15, 0.2) is 0 Å². The van der Waals surface area contributed by atoms with Gasteiger partial charge in [-0.1, -0.05) is 32.3 Å². The predicted octanol–water partition coefficient (Wildman–Crippen LogP) is 2.42. The Hall–Kier alpha value is -0.920. The number of hydrogen-bond donors (Lipinski definition) is 1. The highest BCUT2D eigenvalue weighted by Gasteiger charge is 2.14. The number of quaternary nitrogens is 1. The van der Waals surface area contributed by atoms with Crippen LogP contribution in [0.4, 0.5) is 0 Å². The van der Waals surface area contributed by atoms with Crippen molar-refractivity contribution in [3.8, 4) is 0 Å². The minimum Gasteiger partial charge on any atom is -0.748 e. The molecule has 1 amide bonds. The van der Waals surface area contributed by atoms with E-state index in [0.29, 0.717) is 18.5 Å². The van der Waals surface area contributed by atoms with Crippen molar-refractivity contribution in [3.63, 3.8) is 0 Å². The zero-order chi connectivity index (χ0) is 19.3. The van der Waals surface area contributed by atoms with Gasteiger partial charge in [0.05, 0.1) is 37.3 Å². The van der Waals surface area contributed by atoms with Gasteiger partial charge in [0.1, 0.15) is 0 Å². The van der Waals surface area contributed by atoms with E-state index in [9.17, 15) is 17.8 Å². The van der Waals surface area contributed by atoms with Crippen molar-refractivity contribution in [1.29, 1.82) is 0 Å².